The van der Waals surface area contributed by atoms with Crippen LogP contribution in [0.2, 0.25) is 0 Å². The van der Waals surface area contributed by atoms with Crippen molar-refractivity contribution in [2.24, 2.45) is 5.92 Å². The second-order valence-electron chi connectivity index (χ2n) is 6.18. The summed E-state index contributed by atoms with van der Waals surface area (Å²) < 4.78 is 10.2. The molecule has 6 nitrogen and oxygen atoms in total. The topological polar surface area (TPSA) is 67.9 Å². The first-order valence-corrected chi connectivity index (χ1v) is 8.82. The summed E-state index contributed by atoms with van der Waals surface area (Å²) in [6.07, 6.45) is 1.76. The molecule has 138 valence electrons. The highest BCUT2D eigenvalue weighted by Crippen LogP contribution is 2.37. The molecule has 1 aromatic rings. The molecule has 0 bridgehead atoms. The number of hydrogen-bond acceptors (Lipinski definition) is 4. The van der Waals surface area contributed by atoms with E-state index in [9.17, 15) is 9.59 Å². The van der Waals surface area contributed by atoms with Gasteiger partial charge in [0.15, 0.2) is 0 Å². The van der Waals surface area contributed by atoms with E-state index in [4.69, 9.17) is 9.47 Å². The monoisotopic (exact) mass is 348 g/mol. The van der Waals surface area contributed by atoms with Crippen LogP contribution in [0.1, 0.15) is 37.8 Å². The van der Waals surface area contributed by atoms with Gasteiger partial charge in [0.05, 0.1) is 19.1 Å². The van der Waals surface area contributed by atoms with Crippen LogP contribution in [0.15, 0.2) is 24.3 Å². The van der Waals surface area contributed by atoms with Crippen molar-refractivity contribution in [2.45, 2.75) is 32.2 Å². The number of carbonyl (C=O) groups excluding carboxylic acids is 2. The Labute approximate surface area is 149 Å². The fourth-order valence-electron chi connectivity index (χ4n) is 3.37. The number of carbonyl (C=O) groups is 2. The maximum Gasteiger partial charge on any atom is 0.225 e. The van der Waals surface area contributed by atoms with E-state index in [1.807, 2.05) is 36.1 Å². The summed E-state index contributed by atoms with van der Waals surface area (Å²) in [5.41, 5.74) is 0.966. The molecule has 1 aromatic carbocycles. The molecule has 1 heterocycles. The van der Waals surface area contributed by atoms with Gasteiger partial charge in [-0.25, -0.2) is 0 Å². The number of rotatable bonds is 8. The van der Waals surface area contributed by atoms with Crippen molar-refractivity contribution in [3.05, 3.63) is 29.8 Å². The number of hydrogen-bond donors (Lipinski definition) is 1. The standard InChI is InChI=1S/C19H28N2O4/c1-4-21-17(22)11-10-16(19(23)20-12-5-13-24-2)18(21)14-6-8-15(25-3)9-7-14/h6-9,16,18H,4-5,10-13H2,1-3H3,(H,20,23)/t16-,18+/m1/s1. The number of piperidine rings is 1. The molecule has 0 spiro atoms. The minimum Gasteiger partial charge on any atom is -0.497 e. The van der Waals surface area contributed by atoms with Crippen molar-refractivity contribution in [1.82, 2.24) is 10.2 Å². The van der Waals surface area contributed by atoms with Gasteiger partial charge >= 0.3 is 0 Å². The Bertz CT molecular complexity index is 573. The lowest BCUT2D eigenvalue weighted by Gasteiger charge is -2.40. The molecule has 2 amide bonds. The maximum absolute atomic E-state index is 12.7. The van der Waals surface area contributed by atoms with Crippen LogP contribution in [0.3, 0.4) is 0 Å². The molecule has 0 aliphatic carbocycles. The van der Waals surface area contributed by atoms with Crippen LogP contribution in [-0.4, -0.2) is 50.6 Å². The quantitative estimate of drug-likeness (QED) is 0.731. The van der Waals surface area contributed by atoms with E-state index < -0.39 is 0 Å². The molecule has 1 fully saturated rings. The molecule has 25 heavy (non-hydrogen) atoms. The van der Waals surface area contributed by atoms with Crippen LogP contribution < -0.4 is 10.1 Å². The SMILES string of the molecule is CCN1C(=O)CC[C@@H](C(=O)NCCCOC)[C@@H]1c1ccc(OC)cc1. The van der Waals surface area contributed by atoms with E-state index in [1.54, 1.807) is 14.2 Å². The molecule has 1 aliphatic heterocycles. The summed E-state index contributed by atoms with van der Waals surface area (Å²) in [6.45, 7) is 3.74. The van der Waals surface area contributed by atoms with Crippen molar-refractivity contribution >= 4 is 11.8 Å². The van der Waals surface area contributed by atoms with Gasteiger partial charge in [0, 0.05) is 33.2 Å². The van der Waals surface area contributed by atoms with E-state index >= 15 is 0 Å². The van der Waals surface area contributed by atoms with Gasteiger partial charge in [-0.05, 0) is 37.5 Å². The highest BCUT2D eigenvalue weighted by Gasteiger charge is 2.39. The van der Waals surface area contributed by atoms with E-state index in [2.05, 4.69) is 5.32 Å². The van der Waals surface area contributed by atoms with Gasteiger partial charge in [-0.2, -0.15) is 0 Å². The first-order chi connectivity index (χ1) is 12.1. The minimum atomic E-state index is -0.242. The van der Waals surface area contributed by atoms with E-state index in [0.717, 1.165) is 17.7 Å². The molecule has 1 N–H and O–H groups in total. The average molecular weight is 348 g/mol. The lowest BCUT2D eigenvalue weighted by atomic mass is 9.83. The van der Waals surface area contributed by atoms with Crippen molar-refractivity contribution in [3.8, 4) is 5.75 Å². The molecular formula is C19H28N2O4. The van der Waals surface area contributed by atoms with Crippen molar-refractivity contribution < 1.29 is 19.1 Å². The molecule has 0 unspecified atom stereocenters. The van der Waals surface area contributed by atoms with Crippen LogP contribution in [0.4, 0.5) is 0 Å². The van der Waals surface area contributed by atoms with Gasteiger partial charge in [-0.15, -0.1) is 0 Å². The fraction of sp³-hybridized carbons (Fsp3) is 0.579. The first kappa shape index (κ1) is 19.2. The van der Waals surface area contributed by atoms with Crippen LogP contribution in [0, 0.1) is 5.92 Å². The highest BCUT2D eigenvalue weighted by molar-refractivity contribution is 5.85. The normalized spacial score (nSPS) is 20.4. The fourth-order valence-corrected chi connectivity index (χ4v) is 3.37. The Hall–Kier alpha value is -2.08. The summed E-state index contributed by atoms with van der Waals surface area (Å²) in [5, 5.41) is 2.99. The molecule has 1 saturated heterocycles. The number of ether oxygens (including phenoxy) is 2. The Kier molecular flexibility index (Phi) is 7.25. The van der Waals surface area contributed by atoms with E-state index in [-0.39, 0.29) is 23.8 Å². The van der Waals surface area contributed by atoms with Gasteiger partial charge < -0.3 is 19.7 Å². The van der Waals surface area contributed by atoms with Crippen molar-refractivity contribution in [2.75, 3.05) is 33.9 Å². The van der Waals surface area contributed by atoms with Gasteiger partial charge in [-0.1, -0.05) is 12.1 Å². The van der Waals surface area contributed by atoms with Crippen molar-refractivity contribution in [3.63, 3.8) is 0 Å². The molecule has 2 atom stereocenters. The second-order valence-corrected chi connectivity index (χ2v) is 6.18. The Morgan fingerprint density at radius 2 is 2.00 bits per heavy atom. The van der Waals surface area contributed by atoms with E-state index in [1.165, 1.54) is 0 Å². The predicted octanol–water partition coefficient (Wildman–Crippen LogP) is 2.15. The van der Waals surface area contributed by atoms with Crippen LogP contribution in [0.5, 0.6) is 5.75 Å². The largest absolute Gasteiger partial charge is 0.497 e. The lowest BCUT2D eigenvalue weighted by Crippen LogP contribution is -2.48. The number of benzene rings is 1. The Balaban J connectivity index is 2.19. The summed E-state index contributed by atoms with van der Waals surface area (Å²) in [7, 11) is 3.27. The summed E-state index contributed by atoms with van der Waals surface area (Å²) in [5.74, 6) is 0.623. The number of methoxy groups -OCH3 is 2. The third kappa shape index (κ3) is 4.72. The van der Waals surface area contributed by atoms with Crippen LogP contribution in [0.25, 0.3) is 0 Å². The van der Waals surface area contributed by atoms with E-state index in [0.29, 0.717) is 32.5 Å². The highest BCUT2D eigenvalue weighted by atomic mass is 16.5. The molecule has 0 radical (unpaired) electrons. The molecule has 0 saturated carbocycles. The zero-order valence-corrected chi connectivity index (χ0v) is 15.3. The number of nitrogens with one attached hydrogen (secondary N) is 1. The smallest absolute Gasteiger partial charge is 0.225 e. The van der Waals surface area contributed by atoms with Crippen LogP contribution in [-0.2, 0) is 14.3 Å². The zero-order valence-electron chi connectivity index (χ0n) is 15.3. The third-order valence-electron chi connectivity index (χ3n) is 4.67. The molecule has 6 heteroatoms. The van der Waals surface area contributed by atoms with Crippen LogP contribution >= 0.6 is 0 Å². The summed E-state index contributed by atoms with van der Waals surface area (Å²) in [6, 6.07) is 7.39. The molecule has 2 rings (SSSR count). The summed E-state index contributed by atoms with van der Waals surface area (Å²) >= 11 is 0. The zero-order chi connectivity index (χ0) is 18.2. The minimum absolute atomic E-state index is 0.00266. The van der Waals surface area contributed by atoms with Crippen molar-refractivity contribution in [1.29, 1.82) is 0 Å². The lowest BCUT2D eigenvalue weighted by molar-refractivity contribution is -0.143. The Morgan fingerprint density at radius 3 is 2.60 bits per heavy atom. The van der Waals surface area contributed by atoms with Gasteiger partial charge in [0.25, 0.3) is 0 Å². The first-order valence-electron chi connectivity index (χ1n) is 8.82. The third-order valence-corrected chi connectivity index (χ3v) is 4.67. The Morgan fingerprint density at radius 1 is 1.28 bits per heavy atom. The summed E-state index contributed by atoms with van der Waals surface area (Å²) in [4.78, 5) is 26.9. The molecular weight excluding hydrogens is 320 g/mol. The number of amides is 2. The average Bonchev–Trinajstić information content (AvgIpc) is 2.64. The number of nitrogens with zero attached hydrogens (tertiary/aromatic N) is 1. The van der Waals surface area contributed by atoms with Gasteiger partial charge in [-0.3, -0.25) is 9.59 Å². The molecule has 1 aliphatic rings. The maximum atomic E-state index is 12.7. The van der Waals surface area contributed by atoms with Gasteiger partial charge in [0.1, 0.15) is 5.75 Å². The molecule has 0 aromatic heterocycles. The van der Waals surface area contributed by atoms with Gasteiger partial charge in [0.2, 0.25) is 11.8 Å². The predicted molar refractivity (Wildman–Crippen MR) is 95.3 cm³/mol. The number of likely N-dealkylation sites (tertiary alicyclic amines) is 1. The second kappa shape index (κ2) is 9.42.